The zero-order valence-electron chi connectivity index (χ0n) is 20.2. The minimum absolute atomic E-state index is 0.0517. The molecular weight excluding hydrogens is 554 g/mol. The topological polar surface area (TPSA) is 135 Å². The van der Waals surface area contributed by atoms with Gasteiger partial charge in [0.15, 0.2) is 17.5 Å². The second-order valence-electron chi connectivity index (χ2n) is 8.72. The van der Waals surface area contributed by atoms with E-state index in [0.717, 1.165) is 51.6 Å². The third-order valence-corrected chi connectivity index (χ3v) is 8.49. The second kappa shape index (κ2) is 10.1. The lowest BCUT2D eigenvalue weighted by atomic mass is 10.0. The smallest absolute Gasteiger partial charge is 0.365 e. The summed E-state index contributed by atoms with van der Waals surface area (Å²) in [5, 5.41) is 15.0. The Balaban J connectivity index is 1.26. The summed E-state index contributed by atoms with van der Waals surface area (Å²) in [7, 11) is 0. The number of aromatic nitrogens is 5. The van der Waals surface area contributed by atoms with E-state index >= 15 is 0 Å². The summed E-state index contributed by atoms with van der Waals surface area (Å²) in [6.45, 7) is 4.70. The van der Waals surface area contributed by atoms with E-state index in [4.69, 9.17) is 26.1 Å². The van der Waals surface area contributed by atoms with Crippen molar-refractivity contribution in [1.29, 1.82) is 0 Å². The lowest BCUT2D eigenvalue weighted by Crippen LogP contribution is -2.43. The molecule has 0 radical (unpaired) electrons. The van der Waals surface area contributed by atoms with Crippen molar-refractivity contribution >= 4 is 56.9 Å². The van der Waals surface area contributed by atoms with E-state index in [1.807, 2.05) is 13.0 Å². The number of imidazole rings is 1. The number of ether oxygens (including phenoxy) is 2. The molecule has 2 aliphatic rings. The normalized spacial score (nSPS) is 17.6. The van der Waals surface area contributed by atoms with Crippen LogP contribution in [0.2, 0.25) is 5.15 Å². The zero-order chi connectivity index (χ0) is 26.4. The number of aryl methyl sites for hydroxylation is 1. The average Bonchev–Trinajstić information content (AvgIpc) is 3.62. The van der Waals surface area contributed by atoms with Gasteiger partial charge >= 0.3 is 5.97 Å². The molecule has 1 unspecified atom stereocenters. The Bertz CT molecular complexity index is 1530. The number of thiazole rings is 1. The van der Waals surface area contributed by atoms with Gasteiger partial charge in [0.1, 0.15) is 16.9 Å². The Morgan fingerprint density at radius 1 is 1.21 bits per heavy atom. The van der Waals surface area contributed by atoms with Gasteiger partial charge in [0.05, 0.1) is 29.5 Å². The predicted molar refractivity (Wildman–Crippen MR) is 140 cm³/mol. The highest BCUT2D eigenvalue weighted by atomic mass is 35.5. The molecule has 0 aromatic carbocycles. The maximum atomic E-state index is 13.5. The van der Waals surface area contributed by atoms with Crippen molar-refractivity contribution in [2.24, 2.45) is 0 Å². The number of rotatable bonds is 6. The highest BCUT2D eigenvalue weighted by molar-refractivity contribution is 7.16. The number of carboxylic acids is 1. The van der Waals surface area contributed by atoms with Gasteiger partial charge in [-0.1, -0.05) is 22.9 Å². The van der Waals surface area contributed by atoms with Crippen LogP contribution in [0.1, 0.15) is 37.1 Å². The van der Waals surface area contributed by atoms with E-state index < -0.39 is 12.0 Å². The Morgan fingerprint density at radius 2 is 2.03 bits per heavy atom. The van der Waals surface area contributed by atoms with Crippen molar-refractivity contribution in [3.63, 3.8) is 0 Å². The van der Waals surface area contributed by atoms with Crippen LogP contribution in [0.3, 0.4) is 0 Å². The Hall–Kier alpha value is -3.33. The van der Waals surface area contributed by atoms with Crippen LogP contribution in [0, 0.1) is 6.92 Å². The molecule has 15 heteroatoms. The number of hydrogen-bond acceptors (Lipinski definition) is 11. The van der Waals surface area contributed by atoms with Crippen LogP contribution >= 0.6 is 34.3 Å². The quantitative estimate of drug-likeness (QED) is 0.342. The first kappa shape index (κ1) is 25.0. The Kier molecular flexibility index (Phi) is 6.63. The van der Waals surface area contributed by atoms with Gasteiger partial charge in [-0.05, 0) is 19.1 Å². The van der Waals surface area contributed by atoms with E-state index in [0.29, 0.717) is 36.8 Å². The van der Waals surface area contributed by atoms with Gasteiger partial charge in [0.25, 0.3) is 5.91 Å². The molecule has 1 amide bonds. The third kappa shape index (κ3) is 4.57. The fraction of sp³-hybridized carbons (Fsp3) is 0.391. The highest BCUT2D eigenvalue weighted by Gasteiger charge is 2.38. The van der Waals surface area contributed by atoms with Crippen LogP contribution in [0.15, 0.2) is 18.3 Å². The average molecular weight is 576 g/mol. The first-order chi connectivity index (χ1) is 18.4. The minimum atomic E-state index is -1.12. The zero-order valence-corrected chi connectivity index (χ0v) is 22.6. The van der Waals surface area contributed by atoms with Gasteiger partial charge in [0, 0.05) is 32.3 Å². The van der Waals surface area contributed by atoms with Crippen LogP contribution in [0.25, 0.3) is 4.96 Å². The van der Waals surface area contributed by atoms with Gasteiger partial charge in [-0.15, -0.1) is 11.3 Å². The Labute approximate surface area is 229 Å². The van der Waals surface area contributed by atoms with E-state index in [1.165, 1.54) is 17.5 Å². The summed E-state index contributed by atoms with van der Waals surface area (Å²) < 4.78 is 12.9. The number of halogens is 1. The molecule has 1 saturated heterocycles. The number of carbonyl (C=O) groups excluding carboxylic acids is 1. The van der Waals surface area contributed by atoms with Gasteiger partial charge in [0.2, 0.25) is 9.97 Å². The summed E-state index contributed by atoms with van der Waals surface area (Å²) >= 11 is 8.88. The first-order valence-electron chi connectivity index (χ1n) is 11.8. The standard InChI is InChI=1S/C23H22ClN7O5S2/c1-12-28-31-18-13(26-23(31)37-12)4-5-30(19(18)15-10-25-21(38-15)22(33)34)17(32)11-36-14-2-3-16(27-20(14)24)29-6-8-35-9-7-29/h2-3,10,19H,4-9,11H2,1H3,(H,33,34). The molecule has 12 nitrogen and oxygen atoms in total. The maximum absolute atomic E-state index is 13.5. The number of nitrogens with zero attached hydrogens (tertiary/aromatic N) is 7. The van der Waals surface area contributed by atoms with Crippen LogP contribution in [0.4, 0.5) is 5.82 Å². The summed E-state index contributed by atoms with van der Waals surface area (Å²) in [6.07, 6.45) is 2.03. The SMILES string of the molecule is Cc1nn2c3c(nc2s1)CCN(C(=O)COc1ccc(N2CCOCC2)nc1Cl)C3c1cnc(C(=O)O)s1. The Morgan fingerprint density at radius 3 is 2.76 bits per heavy atom. The predicted octanol–water partition coefficient (Wildman–Crippen LogP) is 2.69. The van der Waals surface area contributed by atoms with Crippen LogP contribution in [0.5, 0.6) is 5.75 Å². The molecule has 4 aromatic heterocycles. The number of amides is 1. The monoisotopic (exact) mass is 575 g/mol. The third-order valence-electron chi connectivity index (χ3n) is 6.36. The van der Waals surface area contributed by atoms with Gasteiger partial charge in [-0.2, -0.15) is 5.10 Å². The van der Waals surface area contributed by atoms with E-state index in [2.05, 4.69) is 20.0 Å². The number of fused-ring (bicyclic) bond motifs is 3. The van der Waals surface area contributed by atoms with Crippen molar-refractivity contribution < 1.29 is 24.2 Å². The molecule has 198 valence electrons. The molecule has 2 aliphatic heterocycles. The number of morpholine rings is 1. The minimum Gasteiger partial charge on any atom is -0.481 e. The van der Waals surface area contributed by atoms with E-state index in [1.54, 1.807) is 15.5 Å². The lowest BCUT2D eigenvalue weighted by molar-refractivity contribution is -0.135. The molecular formula is C23H22ClN7O5S2. The fourth-order valence-electron chi connectivity index (χ4n) is 4.64. The molecule has 0 bridgehead atoms. The molecule has 1 N–H and O–H groups in total. The largest absolute Gasteiger partial charge is 0.481 e. The summed E-state index contributed by atoms with van der Waals surface area (Å²) in [5.41, 5.74) is 1.56. The number of hydrogen-bond donors (Lipinski definition) is 1. The summed E-state index contributed by atoms with van der Waals surface area (Å²) in [4.78, 5) is 43.3. The van der Waals surface area contributed by atoms with Crippen LogP contribution in [-0.4, -0.2) is 85.9 Å². The van der Waals surface area contributed by atoms with Crippen LogP contribution < -0.4 is 9.64 Å². The van der Waals surface area contributed by atoms with E-state index in [-0.39, 0.29) is 22.7 Å². The summed E-state index contributed by atoms with van der Waals surface area (Å²) in [6, 6.07) is 2.92. The fourth-order valence-corrected chi connectivity index (χ4v) is 6.49. The van der Waals surface area contributed by atoms with Crippen molar-refractivity contribution in [3.8, 4) is 5.75 Å². The number of aromatic carboxylic acids is 1. The lowest BCUT2D eigenvalue weighted by Gasteiger charge is -2.34. The molecule has 0 aliphatic carbocycles. The van der Waals surface area contributed by atoms with Gasteiger partial charge in [-0.25, -0.2) is 24.3 Å². The molecule has 1 fully saturated rings. The molecule has 1 atom stereocenters. The first-order valence-corrected chi connectivity index (χ1v) is 13.9. The number of carbonyl (C=O) groups is 2. The number of carboxylic acid groups (broad SMARTS) is 1. The molecule has 4 aromatic rings. The van der Waals surface area contributed by atoms with Crippen molar-refractivity contribution in [2.45, 2.75) is 19.4 Å². The maximum Gasteiger partial charge on any atom is 0.365 e. The molecule has 6 rings (SSSR count). The van der Waals surface area contributed by atoms with Gasteiger partial charge in [-0.3, -0.25) is 4.79 Å². The molecule has 0 spiro atoms. The second-order valence-corrected chi connectivity index (χ2v) is 11.3. The van der Waals surface area contributed by atoms with Crippen molar-refractivity contribution in [3.05, 3.63) is 49.8 Å². The van der Waals surface area contributed by atoms with Gasteiger partial charge < -0.3 is 24.4 Å². The van der Waals surface area contributed by atoms with Crippen molar-refractivity contribution in [1.82, 2.24) is 29.5 Å². The molecule has 0 saturated carbocycles. The molecule has 38 heavy (non-hydrogen) atoms. The number of pyridine rings is 1. The summed E-state index contributed by atoms with van der Waals surface area (Å²) in [5.74, 6) is -0.382. The highest BCUT2D eigenvalue weighted by Crippen LogP contribution is 2.39. The van der Waals surface area contributed by atoms with E-state index in [9.17, 15) is 14.7 Å². The van der Waals surface area contributed by atoms with Crippen molar-refractivity contribution in [2.75, 3.05) is 44.4 Å². The van der Waals surface area contributed by atoms with Crippen LogP contribution in [-0.2, 0) is 16.0 Å². The molecule has 6 heterocycles. The number of anilines is 1.